The van der Waals surface area contributed by atoms with Gasteiger partial charge >= 0.3 is 0 Å². The van der Waals surface area contributed by atoms with Gasteiger partial charge in [0.05, 0.1) is 10.9 Å². The lowest BCUT2D eigenvalue weighted by Crippen LogP contribution is -2.40. The van der Waals surface area contributed by atoms with Gasteiger partial charge in [0.15, 0.2) is 5.16 Å². The minimum atomic E-state index is 0.0685. The van der Waals surface area contributed by atoms with Crippen LogP contribution in [0.25, 0.3) is 10.9 Å². The van der Waals surface area contributed by atoms with Crippen molar-refractivity contribution in [2.75, 3.05) is 12.3 Å². The lowest BCUT2D eigenvalue weighted by Gasteiger charge is -2.30. The van der Waals surface area contributed by atoms with Crippen LogP contribution in [0.1, 0.15) is 34.6 Å². The summed E-state index contributed by atoms with van der Waals surface area (Å²) in [5, 5.41) is 1.53. The van der Waals surface area contributed by atoms with Gasteiger partial charge in [0.2, 0.25) is 0 Å². The van der Waals surface area contributed by atoms with Gasteiger partial charge in [-0.15, -0.1) is 0 Å². The molecule has 23 heavy (non-hydrogen) atoms. The largest absolute Gasteiger partial charge is 0.297 e. The Hall–Kier alpha value is -1.33. The van der Waals surface area contributed by atoms with Gasteiger partial charge in [0.25, 0.3) is 5.56 Å². The molecule has 1 aromatic carbocycles. The quantitative estimate of drug-likeness (QED) is 0.573. The van der Waals surface area contributed by atoms with E-state index in [0.717, 1.165) is 23.0 Å². The number of hydrogen-bond acceptors (Lipinski definition) is 4. The van der Waals surface area contributed by atoms with E-state index in [4.69, 9.17) is 4.98 Å². The lowest BCUT2D eigenvalue weighted by molar-refractivity contribution is 0.166. The maximum absolute atomic E-state index is 12.9. The molecule has 5 heteroatoms. The van der Waals surface area contributed by atoms with E-state index in [1.807, 2.05) is 28.8 Å². The summed E-state index contributed by atoms with van der Waals surface area (Å²) in [6.07, 6.45) is 0. The Morgan fingerprint density at radius 1 is 1.17 bits per heavy atom. The number of nitrogens with zero attached hydrogens (tertiary/aromatic N) is 3. The first-order valence-electron chi connectivity index (χ1n) is 8.33. The van der Waals surface area contributed by atoms with E-state index < -0.39 is 0 Å². The molecule has 4 nitrogen and oxygen atoms in total. The molecule has 0 saturated carbocycles. The Bertz CT molecular complexity index is 701. The number of fused-ring (bicyclic) bond motifs is 1. The molecule has 0 bridgehead atoms. The summed E-state index contributed by atoms with van der Waals surface area (Å²) in [5.41, 5.74) is 0.855. The molecule has 0 radical (unpaired) electrons. The van der Waals surface area contributed by atoms with E-state index in [0.29, 0.717) is 24.0 Å². The number of benzene rings is 1. The number of para-hydroxylation sites is 1. The first kappa shape index (κ1) is 18.0. The second-order valence-electron chi connectivity index (χ2n) is 6.23. The molecule has 0 aliphatic carbocycles. The van der Waals surface area contributed by atoms with Gasteiger partial charge in [-0.2, -0.15) is 0 Å². The van der Waals surface area contributed by atoms with E-state index in [9.17, 15) is 4.79 Å². The van der Waals surface area contributed by atoms with Crippen molar-refractivity contribution >= 4 is 22.7 Å². The standard InChI is InChI=1S/C18H27N3OS/c1-6-23-18-19-16-10-8-7-9-15(16)17(22)21(18)12-11-20(13(2)3)14(4)5/h7-10,13-14H,6,11-12H2,1-5H3. The van der Waals surface area contributed by atoms with Crippen molar-refractivity contribution in [3.63, 3.8) is 0 Å². The zero-order chi connectivity index (χ0) is 17.0. The van der Waals surface area contributed by atoms with Crippen LogP contribution in [0, 0.1) is 0 Å². The van der Waals surface area contributed by atoms with Gasteiger partial charge in [-0.1, -0.05) is 30.8 Å². The van der Waals surface area contributed by atoms with Gasteiger partial charge in [0, 0.05) is 25.2 Å². The first-order chi connectivity index (χ1) is 11.0. The maximum Gasteiger partial charge on any atom is 0.262 e. The van der Waals surface area contributed by atoms with Gasteiger partial charge < -0.3 is 0 Å². The van der Waals surface area contributed by atoms with Crippen LogP contribution in [0.2, 0.25) is 0 Å². The Morgan fingerprint density at radius 2 is 1.83 bits per heavy atom. The summed E-state index contributed by atoms with van der Waals surface area (Å²) >= 11 is 1.63. The predicted octanol–water partition coefficient (Wildman–Crippen LogP) is 3.63. The fourth-order valence-corrected chi connectivity index (χ4v) is 3.66. The molecular weight excluding hydrogens is 306 g/mol. The summed E-state index contributed by atoms with van der Waals surface area (Å²) in [6.45, 7) is 12.4. The third-order valence-electron chi connectivity index (χ3n) is 4.01. The number of thioether (sulfide) groups is 1. The van der Waals surface area contributed by atoms with Crippen molar-refractivity contribution in [1.29, 1.82) is 0 Å². The zero-order valence-electron chi connectivity index (χ0n) is 14.7. The van der Waals surface area contributed by atoms with Crippen molar-refractivity contribution in [3.8, 4) is 0 Å². The van der Waals surface area contributed by atoms with Gasteiger partial charge in [0.1, 0.15) is 0 Å². The third kappa shape index (κ3) is 4.15. The highest BCUT2D eigenvalue weighted by atomic mass is 32.2. The molecule has 0 atom stereocenters. The van der Waals surface area contributed by atoms with Crippen LogP contribution in [0.15, 0.2) is 34.2 Å². The zero-order valence-corrected chi connectivity index (χ0v) is 15.6. The molecule has 0 amide bonds. The van der Waals surface area contributed by atoms with Crippen LogP contribution in [-0.2, 0) is 6.54 Å². The topological polar surface area (TPSA) is 38.1 Å². The van der Waals surface area contributed by atoms with Crippen LogP contribution in [-0.4, -0.2) is 38.8 Å². The minimum absolute atomic E-state index is 0.0685. The molecule has 0 aliphatic heterocycles. The smallest absolute Gasteiger partial charge is 0.262 e. The van der Waals surface area contributed by atoms with E-state index >= 15 is 0 Å². The average molecular weight is 334 g/mol. The minimum Gasteiger partial charge on any atom is -0.297 e. The van der Waals surface area contributed by atoms with Crippen molar-refractivity contribution in [1.82, 2.24) is 14.5 Å². The third-order valence-corrected chi connectivity index (χ3v) is 4.87. The average Bonchev–Trinajstić information content (AvgIpc) is 2.50. The fourth-order valence-electron chi connectivity index (χ4n) is 2.91. The molecule has 2 rings (SSSR count). The molecule has 2 aromatic rings. The summed E-state index contributed by atoms with van der Waals surface area (Å²) in [6, 6.07) is 8.53. The van der Waals surface area contributed by atoms with E-state index in [1.165, 1.54) is 0 Å². The normalized spacial score (nSPS) is 12.0. The van der Waals surface area contributed by atoms with Gasteiger partial charge in [-0.3, -0.25) is 14.3 Å². The molecular formula is C18H27N3OS. The summed E-state index contributed by atoms with van der Waals surface area (Å²) in [5.74, 6) is 0.906. The summed E-state index contributed by atoms with van der Waals surface area (Å²) in [4.78, 5) is 20.0. The van der Waals surface area contributed by atoms with Crippen LogP contribution in [0.5, 0.6) is 0 Å². The highest BCUT2D eigenvalue weighted by molar-refractivity contribution is 7.99. The Balaban J connectivity index is 2.40. The second-order valence-corrected chi connectivity index (χ2v) is 7.46. The molecule has 0 saturated heterocycles. The van der Waals surface area contributed by atoms with E-state index in [1.54, 1.807) is 11.8 Å². The van der Waals surface area contributed by atoms with E-state index in [-0.39, 0.29) is 5.56 Å². The van der Waals surface area contributed by atoms with Gasteiger partial charge in [-0.25, -0.2) is 4.98 Å². The van der Waals surface area contributed by atoms with Crippen LogP contribution >= 0.6 is 11.8 Å². The molecule has 0 unspecified atom stereocenters. The molecule has 0 aliphatic rings. The van der Waals surface area contributed by atoms with E-state index in [2.05, 4.69) is 39.5 Å². The Kier molecular flexibility index (Phi) is 6.25. The molecule has 0 fully saturated rings. The number of aromatic nitrogens is 2. The lowest BCUT2D eigenvalue weighted by atomic mass is 10.2. The second kappa shape index (κ2) is 7.97. The van der Waals surface area contributed by atoms with Crippen molar-refractivity contribution < 1.29 is 0 Å². The van der Waals surface area contributed by atoms with Crippen molar-refractivity contribution in [2.45, 2.75) is 58.4 Å². The highest BCUT2D eigenvalue weighted by Crippen LogP contribution is 2.17. The van der Waals surface area contributed by atoms with Gasteiger partial charge in [-0.05, 0) is 45.6 Å². The summed E-state index contributed by atoms with van der Waals surface area (Å²) in [7, 11) is 0. The van der Waals surface area contributed by atoms with Crippen LogP contribution in [0.4, 0.5) is 0 Å². The monoisotopic (exact) mass is 333 g/mol. The highest BCUT2D eigenvalue weighted by Gasteiger charge is 2.16. The Morgan fingerprint density at radius 3 is 2.43 bits per heavy atom. The molecule has 0 N–H and O–H groups in total. The SMILES string of the molecule is CCSc1nc2ccccc2c(=O)n1CCN(C(C)C)C(C)C. The molecule has 0 spiro atoms. The molecule has 126 valence electrons. The summed E-state index contributed by atoms with van der Waals surface area (Å²) < 4.78 is 1.84. The van der Waals surface area contributed by atoms with Crippen molar-refractivity contribution in [3.05, 3.63) is 34.6 Å². The fraction of sp³-hybridized carbons (Fsp3) is 0.556. The maximum atomic E-state index is 12.9. The Labute approximate surface area is 142 Å². The van der Waals surface area contributed by atoms with Crippen LogP contribution in [0.3, 0.4) is 0 Å². The first-order valence-corrected chi connectivity index (χ1v) is 9.32. The molecule has 1 aromatic heterocycles. The number of rotatable bonds is 7. The molecule has 1 heterocycles. The predicted molar refractivity (Wildman–Crippen MR) is 99.4 cm³/mol. The van der Waals surface area contributed by atoms with Crippen LogP contribution < -0.4 is 5.56 Å². The number of hydrogen-bond donors (Lipinski definition) is 0. The van der Waals surface area contributed by atoms with Crippen molar-refractivity contribution in [2.24, 2.45) is 0 Å².